The Morgan fingerprint density at radius 1 is 0.692 bits per heavy atom. The van der Waals surface area contributed by atoms with Gasteiger partial charge in [-0.1, -0.05) is 67.7 Å². The van der Waals surface area contributed by atoms with Gasteiger partial charge in [-0.25, -0.2) is 4.79 Å². The van der Waals surface area contributed by atoms with Crippen LogP contribution < -0.4 is 10.1 Å². The highest BCUT2D eigenvalue weighted by Gasteiger charge is 2.49. The van der Waals surface area contributed by atoms with E-state index in [2.05, 4.69) is 79.1 Å². The summed E-state index contributed by atoms with van der Waals surface area (Å²) >= 11 is 0. The van der Waals surface area contributed by atoms with Crippen LogP contribution in [0, 0.1) is 10.8 Å². The number of carbonyl (C=O) groups excluding carboxylic acids is 1. The molecule has 8 nitrogen and oxygen atoms in total. The van der Waals surface area contributed by atoms with E-state index in [0.29, 0.717) is 12.3 Å². The molecule has 39 heavy (non-hydrogen) atoms. The first-order valence-corrected chi connectivity index (χ1v) is 22.2. The Morgan fingerprint density at radius 2 is 1.08 bits per heavy atom. The van der Waals surface area contributed by atoms with Crippen molar-refractivity contribution in [2.75, 3.05) is 13.2 Å². The number of carbonyl (C=O) groups is 1. The van der Waals surface area contributed by atoms with E-state index in [1.165, 1.54) is 0 Å². The molecule has 0 fully saturated rings. The van der Waals surface area contributed by atoms with Gasteiger partial charge in [0.15, 0.2) is 50.6 Å². The number of alkyl carbamates (subject to hydrolysis) is 1. The lowest BCUT2D eigenvalue weighted by molar-refractivity contribution is -0.201. The number of hydrogen-bond donors (Lipinski definition) is 1. The SMILES string of the molecule is C[SiH2]OC(O[SiH2]C)(c1cc(OCCNC(=O)OC(C)(C)C)cc(C(O[SiH2]C)(O[SiH2]C)C(C)(C)C)c1)C(C)(C)C. The molecule has 0 heterocycles. The molecule has 0 saturated carbocycles. The number of hydrogen-bond acceptors (Lipinski definition) is 7. The van der Waals surface area contributed by atoms with Gasteiger partial charge in [0.25, 0.3) is 0 Å². The van der Waals surface area contributed by atoms with Crippen molar-refractivity contribution >= 4 is 45.1 Å². The number of ether oxygens (including phenoxy) is 2. The summed E-state index contributed by atoms with van der Waals surface area (Å²) in [4.78, 5) is 12.1. The van der Waals surface area contributed by atoms with E-state index < -0.39 is 62.3 Å². The quantitative estimate of drug-likeness (QED) is 0.194. The molecule has 12 heteroatoms. The second kappa shape index (κ2) is 14.8. The van der Waals surface area contributed by atoms with E-state index in [4.69, 9.17) is 27.2 Å². The molecule has 0 spiro atoms. The van der Waals surface area contributed by atoms with Crippen molar-refractivity contribution in [2.24, 2.45) is 10.8 Å². The van der Waals surface area contributed by atoms with Crippen LogP contribution >= 0.6 is 0 Å². The van der Waals surface area contributed by atoms with E-state index in [1.807, 2.05) is 32.9 Å². The maximum Gasteiger partial charge on any atom is 0.407 e. The Morgan fingerprint density at radius 3 is 1.38 bits per heavy atom. The van der Waals surface area contributed by atoms with Crippen LogP contribution in [0.4, 0.5) is 4.79 Å². The van der Waals surface area contributed by atoms with Gasteiger partial charge in [-0.3, -0.25) is 0 Å². The van der Waals surface area contributed by atoms with Crippen molar-refractivity contribution in [1.82, 2.24) is 5.32 Å². The molecular formula is C27H55NO7Si4. The summed E-state index contributed by atoms with van der Waals surface area (Å²) in [5, 5.41) is 2.77. The summed E-state index contributed by atoms with van der Waals surface area (Å²) < 4.78 is 38.0. The van der Waals surface area contributed by atoms with Gasteiger partial charge in [-0.2, -0.15) is 0 Å². The fraction of sp³-hybridized carbons (Fsp3) is 0.741. The maximum atomic E-state index is 12.1. The average Bonchev–Trinajstić information content (AvgIpc) is 2.78. The van der Waals surface area contributed by atoms with Gasteiger partial charge in [0.2, 0.25) is 0 Å². The average molecular weight is 618 g/mol. The molecule has 1 N–H and O–H groups in total. The molecule has 1 aromatic rings. The summed E-state index contributed by atoms with van der Waals surface area (Å²) in [6.45, 7) is 27.5. The van der Waals surface area contributed by atoms with Gasteiger partial charge in [-0.15, -0.1) is 0 Å². The van der Waals surface area contributed by atoms with Crippen LogP contribution in [0.1, 0.15) is 73.4 Å². The van der Waals surface area contributed by atoms with Crippen LogP contribution in [0.25, 0.3) is 0 Å². The predicted octanol–water partition coefficient (Wildman–Crippen LogP) is 3.58. The molecule has 0 aliphatic heterocycles. The Hall–Kier alpha value is -1.00. The van der Waals surface area contributed by atoms with Gasteiger partial charge < -0.3 is 32.5 Å². The fourth-order valence-corrected chi connectivity index (χ4v) is 9.35. The molecule has 0 radical (unpaired) electrons. The molecule has 0 atom stereocenters. The van der Waals surface area contributed by atoms with Gasteiger partial charge in [0, 0.05) is 22.0 Å². The monoisotopic (exact) mass is 617 g/mol. The van der Waals surface area contributed by atoms with Crippen LogP contribution in [0.3, 0.4) is 0 Å². The molecule has 0 aliphatic rings. The van der Waals surface area contributed by atoms with E-state index in [-0.39, 0.29) is 17.4 Å². The fourth-order valence-electron chi connectivity index (χ4n) is 4.66. The zero-order valence-corrected chi connectivity index (χ0v) is 32.5. The Kier molecular flexibility index (Phi) is 13.6. The molecule has 1 rings (SSSR count). The first-order valence-electron chi connectivity index (χ1n) is 14.2. The van der Waals surface area contributed by atoms with Gasteiger partial charge in [0.05, 0.1) is 6.54 Å². The summed E-state index contributed by atoms with van der Waals surface area (Å²) in [7, 11) is -3.35. The van der Waals surface area contributed by atoms with Gasteiger partial charge in [-0.05, 0) is 39.0 Å². The molecule has 1 aromatic carbocycles. The molecule has 0 saturated heterocycles. The Balaban J connectivity index is 3.70. The van der Waals surface area contributed by atoms with Crippen LogP contribution in [0.5, 0.6) is 5.75 Å². The molecule has 0 aromatic heterocycles. The summed E-state index contributed by atoms with van der Waals surface area (Å²) in [5.41, 5.74) is 0.582. The van der Waals surface area contributed by atoms with E-state index in [1.54, 1.807) is 0 Å². The first kappa shape index (κ1) is 36.0. The minimum absolute atomic E-state index is 0.271. The summed E-state index contributed by atoms with van der Waals surface area (Å²) in [6, 6.07) is 6.16. The summed E-state index contributed by atoms with van der Waals surface area (Å²) in [5.74, 6) is -1.16. The van der Waals surface area contributed by atoms with Crippen molar-refractivity contribution in [3.05, 3.63) is 29.3 Å². The molecule has 0 unspecified atom stereocenters. The lowest BCUT2D eigenvalue weighted by Crippen LogP contribution is -2.48. The van der Waals surface area contributed by atoms with Gasteiger partial charge in [0.1, 0.15) is 18.0 Å². The van der Waals surface area contributed by atoms with Crippen LogP contribution in [-0.2, 0) is 34.0 Å². The minimum atomic E-state index is -0.908. The Bertz CT molecular complexity index is 847. The smallest absolute Gasteiger partial charge is 0.407 e. The zero-order chi connectivity index (χ0) is 30.1. The van der Waals surface area contributed by atoms with Crippen molar-refractivity contribution < 1.29 is 32.0 Å². The van der Waals surface area contributed by atoms with Crippen LogP contribution in [-0.4, -0.2) is 63.9 Å². The lowest BCUT2D eigenvalue weighted by atomic mass is 9.77. The number of nitrogens with one attached hydrogen (secondary N) is 1. The second-order valence-corrected chi connectivity index (χ2v) is 16.0. The van der Waals surface area contributed by atoms with E-state index in [0.717, 1.165) is 11.1 Å². The highest BCUT2D eigenvalue weighted by molar-refractivity contribution is 6.27. The summed E-state index contributed by atoms with van der Waals surface area (Å²) in [6.07, 6.45) is -0.468. The maximum absolute atomic E-state index is 12.1. The normalized spacial score (nSPS) is 17.1. The standard InChI is InChI=1S/C27H55NO7Si4/c1-23(2,3)26(32-36-10,33-37-11)19-16-20(27(34-38-12,35-39-13)24(4,5)6)18-21(17-19)30-15-14-28-22(29)31-25(7,8)9/h16-18H,14-15,36-39H2,1-13H3,(H,28,29). The van der Waals surface area contributed by atoms with Crippen molar-refractivity contribution in [2.45, 2.75) is 106 Å². The third-order valence-electron chi connectivity index (χ3n) is 6.07. The number of benzene rings is 1. The number of amides is 1. The molecule has 0 bridgehead atoms. The first-order chi connectivity index (χ1) is 17.9. The minimum Gasteiger partial charge on any atom is -0.492 e. The third kappa shape index (κ3) is 9.52. The molecule has 0 aliphatic carbocycles. The highest BCUT2D eigenvalue weighted by atomic mass is 28.2. The van der Waals surface area contributed by atoms with E-state index >= 15 is 0 Å². The number of rotatable bonds is 14. The second-order valence-electron chi connectivity index (χ2n) is 12.5. The van der Waals surface area contributed by atoms with E-state index in [9.17, 15) is 4.79 Å². The van der Waals surface area contributed by atoms with Gasteiger partial charge >= 0.3 is 6.09 Å². The topological polar surface area (TPSA) is 84.5 Å². The lowest BCUT2D eigenvalue weighted by Gasteiger charge is -2.48. The zero-order valence-electron chi connectivity index (χ0n) is 26.8. The van der Waals surface area contributed by atoms with Crippen LogP contribution in [0.15, 0.2) is 18.2 Å². The van der Waals surface area contributed by atoms with Crippen molar-refractivity contribution in [3.63, 3.8) is 0 Å². The van der Waals surface area contributed by atoms with Crippen LogP contribution in [0.2, 0.25) is 26.2 Å². The predicted molar refractivity (Wildman–Crippen MR) is 170 cm³/mol. The Labute approximate surface area is 246 Å². The molecular weight excluding hydrogens is 563 g/mol. The molecule has 1 amide bonds. The van der Waals surface area contributed by atoms with Crippen molar-refractivity contribution in [3.8, 4) is 5.75 Å². The molecule has 226 valence electrons. The third-order valence-corrected chi connectivity index (χ3v) is 8.85. The largest absolute Gasteiger partial charge is 0.492 e. The van der Waals surface area contributed by atoms with Crippen molar-refractivity contribution in [1.29, 1.82) is 0 Å². The highest BCUT2D eigenvalue weighted by Crippen LogP contribution is 2.49.